The molecule has 0 aliphatic heterocycles. The Kier molecular flexibility index (Phi) is 3.74. The first-order valence-corrected chi connectivity index (χ1v) is 7.98. The average Bonchev–Trinajstić information content (AvgIpc) is 2.63. The Morgan fingerprint density at radius 2 is 1.84 bits per heavy atom. The van der Waals surface area contributed by atoms with Crippen LogP contribution in [0.4, 0.5) is 11.6 Å². The van der Waals surface area contributed by atoms with Crippen LogP contribution in [0.2, 0.25) is 0 Å². The maximum atomic E-state index is 13.1. The lowest BCUT2D eigenvalue weighted by Gasteiger charge is -2.15. The fourth-order valence-electron chi connectivity index (χ4n) is 2.76. The molecule has 0 fully saturated rings. The van der Waals surface area contributed by atoms with Crippen molar-refractivity contribution in [3.8, 4) is 5.69 Å². The topological polar surface area (TPSA) is 59.8 Å². The number of para-hydroxylation sites is 1. The summed E-state index contributed by atoms with van der Waals surface area (Å²) in [5, 5.41) is 3.80. The molecule has 0 radical (unpaired) electrons. The monoisotopic (exact) mass is 328 g/mol. The lowest BCUT2D eigenvalue weighted by molar-refractivity contribution is 0.973. The van der Waals surface area contributed by atoms with Gasteiger partial charge in [-0.25, -0.2) is 9.55 Å². The van der Waals surface area contributed by atoms with Crippen LogP contribution in [-0.4, -0.2) is 14.5 Å². The van der Waals surface area contributed by atoms with Gasteiger partial charge in [-0.15, -0.1) is 0 Å². The van der Waals surface area contributed by atoms with Crippen LogP contribution in [0, 0.1) is 6.92 Å². The third-order valence-electron chi connectivity index (χ3n) is 3.96. The molecule has 0 atom stereocenters. The zero-order chi connectivity index (χ0) is 17.2. The Labute approximate surface area is 144 Å². The fraction of sp³-hybridized carbons (Fsp3) is 0.0500. The Morgan fingerprint density at radius 3 is 2.60 bits per heavy atom. The van der Waals surface area contributed by atoms with Crippen molar-refractivity contribution >= 4 is 22.5 Å². The maximum absolute atomic E-state index is 13.1. The second kappa shape index (κ2) is 6.20. The molecule has 0 aliphatic rings. The fourth-order valence-corrected chi connectivity index (χ4v) is 2.76. The quantitative estimate of drug-likeness (QED) is 0.621. The van der Waals surface area contributed by atoms with Gasteiger partial charge in [-0.05, 0) is 48.9 Å². The zero-order valence-electron chi connectivity index (χ0n) is 13.7. The SMILES string of the molecule is Cc1ccc2c(=O)n(-c3ccccc3)c(Nc3cccnc3)nc2c1. The molecule has 2 aromatic carbocycles. The summed E-state index contributed by atoms with van der Waals surface area (Å²) in [6, 6.07) is 18.9. The molecule has 5 nitrogen and oxygen atoms in total. The predicted molar refractivity (Wildman–Crippen MR) is 99.6 cm³/mol. The number of aryl methyl sites for hydroxylation is 1. The van der Waals surface area contributed by atoms with Crippen LogP contribution >= 0.6 is 0 Å². The molecule has 4 rings (SSSR count). The van der Waals surface area contributed by atoms with E-state index >= 15 is 0 Å². The van der Waals surface area contributed by atoms with Crippen molar-refractivity contribution in [1.82, 2.24) is 14.5 Å². The smallest absolute Gasteiger partial charge is 0.267 e. The van der Waals surface area contributed by atoms with Gasteiger partial charge in [0.05, 0.1) is 28.5 Å². The molecule has 0 unspecified atom stereocenters. The Morgan fingerprint density at radius 1 is 1.00 bits per heavy atom. The van der Waals surface area contributed by atoms with Gasteiger partial charge in [-0.2, -0.15) is 0 Å². The van der Waals surface area contributed by atoms with Crippen molar-refractivity contribution in [1.29, 1.82) is 0 Å². The van der Waals surface area contributed by atoms with E-state index in [0.717, 1.165) is 16.9 Å². The first-order valence-electron chi connectivity index (χ1n) is 7.98. The average molecular weight is 328 g/mol. The summed E-state index contributed by atoms with van der Waals surface area (Å²) >= 11 is 0. The molecule has 0 aliphatic carbocycles. The molecule has 2 heterocycles. The Bertz CT molecular complexity index is 1090. The van der Waals surface area contributed by atoms with E-state index in [1.165, 1.54) is 0 Å². The normalized spacial score (nSPS) is 10.8. The molecule has 0 amide bonds. The third-order valence-corrected chi connectivity index (χ3v) is 3.96. The van der Waals surface area contributed by atoms with Crippen LogP contribution in [0.5, 0.6) is 0 Å². The molecule has 0 saturated heterocycles. The van der Waals surface area contributed by atoms with Crippen molar-refractivity contribution in [3.05, 3.63) is 89.0 Å². The maximum Gasteiger partial charge on any atom is 0.267 e. The molecule has 25 heavy (non-hydrogen) atoms. The lowest BCUT2D eigenvalue weighted by Crippen LogP contribution is -2.22. The molecular weight excluding hydrogens is 312 g/mol. The number of fused-ring (bicyclic) bond motifs is 1. The molecule has 4 aromatic rings. The molecule has 0 saturated carbocycles. The van der Waals surface area contributed by atoms with E-state index in [1.54, 1.807) is 17.0 Å². The number of nitrogens with one attached hydrogen (secondary N) is 1. The Balaban J connectivity index is 1.99. The van der Waals surface area contributed by atoms with Crippen molar-refractivity contribution in [2.45, 2.75) is 6.92 Å². The lowest BCUT2D eigenvalue weighted by atomic mass is 10.2. The number of aromatic nitrogens is 3. The second-order valence-electron chi connectivity index (χ2n) is 5.80. The third kappa shape index (κ3) is 2.87. The first kappa shape index (κ1) is 15.1. The van der Waals surface area contributed by atoms with Gasteiger partial charge in [0.15, 0.2) is 0 Å². The van der Waals surface area contributed by atoms with Crippen molar-refractivity contribution in [2.75, 3.05) is 5.32 Å². The highest BCUT2D eigenvalue weighted by atomic mass is 16.1. The minimum absolute atomic E-state index is 0.109. The summed E-state index contributed by atoms with van der Waals surface area (Å²) in [6.45, 7) is 1.98. The van der Waals surface area contributed by atoms with Crippen molar-refractivity contribution in [3.63, 3.8) is 0 Å². The molecular formula is C20H16N4O. The van der Waals surface area contributed by atoms with Gasteiger partial charge in [0.2, 0.25) is 5.95 Å². The highest BCUT2D eigenvalue weighted by Crippen LogP contribution is 2.20. The summed E-state index contributed by atoms with van der Waals surface area (Å²) in [6.07, 6.45) is 3.40. The minimum Gasteiger partial charge on any atom is -0.324 e. The summed E-state index contributed by atoms with van der Waals surface area (Å²) in [7, 11) is 0. The number of nitrogens with zero attached hydrogens (tertiary/aromatic N) is 3. The molecule has 0 bridgehead atoms. The van der Waals surface area contributed by atoms with E-state index in [4.69, 9.17) is 4.98 Å². The van der Waals surface area contributed by atoms with E-state index in [1.807, 2.05) is 67.6 Å². The standard InChI is InChI=1S/C20H16N4O/c1-14-9-10-17-18(12-14)23-20(22-15-6-5-11-21-13-15)24(19(17)25)16-7-3-2-4-8-16/h2-13H,1H3,(H,22,23). The summed E-state index contributed by atoms with van der Waals surface area (Å²) in [5.41, 5.74) is 3.15. The first-order chi connectivity index (χ1) is 12.2. The number of anilines is 2. The summed E-state index contributed by atoms with van der Waals surface area (Å²) < 4.78 is 1.59. The van der Waals surface area contributed by atoms with Gasteiger partial charge in [-0.1, -0.05) is 24.3 Å². The van der Waals surface area contributed by atoms with Gasteiger partial charge < -0.3 is 5.32 Å². The molecule has 122 valence electrons. The van der Waals surface area contributed by atoms with Gasteiger partial charge in [0.25, 0.3) is 5.56 Å². The largest absolute Gasteiger partial charge is 0.324 e. The predicted octanol–water partition coefficient (Wildman–Crippen LogP) is 3.83. The van der Waals surface area contributed by atoms with Gasteiger partial charge >= 0.3 is 0 Å². The second-order valence-corrected chi connectivity index (χ2v) is 5.80. The van der Waals surface area contributed by atoms with E-state index in [0.29, 0.717) is 16.9 Å². The van der Waals surface area contributed by atoms with E-state index in [2.05, 4.69) is 10.3 Å². The Hall–Kier alpha value is -3.47. The number of hydrogen-bond donors (Lipinski definition) is 1. The summed E-state index contributed by atoms with van der Waals surface area (Å²) in [5.74, 6) is 0.460. The molecule has 0 spiro atoms. The molecule has 1 N–H and O–H groups in total. The van der Waals surface area contributed by atoms with Crippen molar-refractivity contribution in [2.24, 2.45) is 0 Å². The van der Waals surface area contributed by atoms with Crippen molar-refractivity contribution < 1.29 is 0 Å². The van der Waals surface area contributed by atoms with Crippen LogP contribution in [0.15, 0.2) is 77.9 Å². The highest BCUT2D eigenvalue weighted by molar-refractivity contribution is 5.80. The van der Waals surface area contributed by atoms with Gasteiger partial charge in [0, 0.05) is 6.20 Å². The van der Waals surface area contributed by atoms with Crippen LogP contribution in [0.1, 0.15) is 5.56 Å². The van der Waals surface area contributed by atoms with E-state index < -0.39 is 0 Å². The van der Waals surface area contributed by atoms with Crippen LogP contribution in [0.3, 0.4) is 0 Å². The van der Waals surface area contributed by atoms with Crippen LogP contribution in [0.25, 0.3) is 16.6 Å². The van der Waals surface area contributed by atoms with Gasteiger partial charge in [-0.3, -0.25) is 9.78 Å². The van der Waals surface area contributed by atoms with E-state index in [9.17, 15) is 4.79 Å². The molecule has 2 aromatic heterocycles. The zero-order valence-corrected chi connectivity index (χ0v) is 13.7. The number of pyridine rings is 1. The minimum atomic E-state index is -0.109. The van der Waals surface area contributed by atoms with E-state index in [-0.39, 0.29) is 5.56 Å². The number of hydrogen-bond acceptors (Lipinski definition) is 4. The molecule has 5 heteroatoms. The number of benzene rings is 2. The number of rotatable bonds is 3. The van der Waals surface area contributed by atoms with Crippen LogP contribution in [-0.2, 0) is 0 Å². The summed E-state index contributed by atoms with van der Waals surface area (Å²) in [4.78, 5) is 21.9. The van der Waals surface area contributed by atoms with Gasteiger partial charge in [0.1, 0.15) is 0 Å². The van der Waals surface area contributed by atoms with Crippen LogP contribution < -0.4 is 10.9 Å². The highest BCUT2D eigenvalue weighted by Gasteiger charge is 2.13.